The minimum Gasteiger partial charge on any atom is -0.294 e. The lowest BCUT2D eigenvalue weighted by Crippen LogP contribution is -2.58. The number of rotatable bonds is 8. The molecular weight excluding hydrogens is 773 g/mol. The molecule has 362 valence electrons. The Labute approximate surface area is 396 Å². The average molecular weight is 878 g/mol. The van der Waals surface area contributed by atoms with Crippen molar-refractivity contribution in [1.82, 2.24) is 9.80 Å². The summed E-state index contributed by atoms with van der Waals surface area (Å²) in [5.74, 6) is 12.8. The first-order valence-corrected chi connectivity index (χ1v) is 31.3. The molecule has 2 heteroatoms. The molecule has 0 aliphatic heterocycles. The van der Waals surface area contributed by atoms with Crippen molar-refractivity contribution in [1.29, 1.82) is 0 Å². The molecule has 0 radical (unpaired) electrons. The Morgan fingerprint density at radius 3 is 1.03 bits per heavy atom. The smallest absolute Gasteiger partial charge is 0.0132 e. The summed E-state index contributed by atoms with van der Waals surface area (Å²) in [6, 6.07) is 5.55. The molecule has 0 heterocycles. The van der Waals surface area contributed by atoms with Crippen molar-refractivity contribution >= 4 is 0 Å². The van der Waals surface area contributed by atoms with Gasteiger partial charge in [0.05, 0.1) is 0 Å². The predicted octanol–water partition coefficient (Wildman–Crippen LogP) is 17.1. The maximum absolute atomic E-state index is 3.52. The highest BCUT2D eigenvalue weighted by Crippen LogP contribution is 2.69. The lowest BCUT2D eigenvalue weighted by Gasteiger charge is -2.56. The van der Waals surface area contributed by atoms with Crippen LogP contribution in [0.4, 0.5) is 0 Å². The van der Waals surface area contributed by atoms with Gasteiger partial charge in [0.25, 0.3) is 0 Å². The molecule has 12 fully saturated rings. The molecule has 0 aromatic carbocycles. The van der Waals surface area contributed by atoms with E-state index < -0.39 is 0 Å². The van der Waals surface area contributed by atoms with Gasteiger partial charge in [0, 0.05) is 36.3 Å². The van der Waals surface area contributed by atoms with E-state index in [2.05, 4.69) is 9.80 Å². The van der Waals surface area contributed by atoms with E-state index in [0.717, 1.165) is 107 Å². The largest absolute Gasteiger partial charge is 0.294 e. The van der Waals surface area contributed by atoms with Crippen LogP contribution in [0.1, 0.15) is 276 Å². The maximum Gasteiger partial charge on any atom is 0.0132 e. The SMILES string of the molecule is C1CCC(C2CCC(N(C3CCC4C5CCC(N(C6CCC(C7CCCCC7)CC6)C6CCCC7CCCCC76)CC5C5(CCCCC5)C4C3)C3CCCC4CCCCC43)CC2)CC1. The molecule has 0 N–H and O–H groups in total. The summed E-state index contributed by atoms with van der Waals surface area (Å²) in [5, 5.41) is 0. The van der Waals surface area contributed by atoms with E-state index in [1.165, 1.54) is 38.5 Å². The third-order valence-electron chi connectivity index (χ3n) is 25.2. The van der Waals surface area contributed by atoms with Gasteiger partial charge >= 0.3 is 0 Å². The summed E-state index contributed by atoms with van der Waals surface area (Å²) in [6.07, 6.45) is 67.7. The number of hydrogen-bond donors (Lipinski definition) is 0. The van der Waals surface area contributed by atoms with Crippen molar-refractivity contribution in [2.45, 2.75) is 312 Å². The summed E-state index contributed by atoms with van der Waals surface area (Å²) < 4.78 is 0. The second kappa shape index (κ2) is 20.3. The molecule has 12 aliphatic rings. The fraction of sp³-hybridized carbons (Fsp3) is 1.00. The van der Waals surface area contributed by atoms with Crippen LogP contribution in [0, 0.1) is 76.4 Å². The Morgan fingerprint density at radius 1 is 0.234 bits per heavy atom. The van der Waals surface area contributed by atoms with Crippen molar-refractivity contribution in [3.8, 4) is 0 Å². The Balaban J connectivity index is 0.811. The van der Waals surface area contributed by atoms with Gasteiger partial charge in [-0.05, 0) is 205 Å². The molecule has 0 aromatic heterocycles. The second-order valence-corrected chi connectivity index (χ2v) is 27.5. The molecule has 0 bridgehead atoms. The van der Waals surface area contributed by atoms with Gasteiger partial charge in [-0.15, -0.1) is 0 Å². The molecule has 12 unspecified atom stereocenters. The summed E-state index contributed by atoms with van der Waals surface area (Å²) in [6.45, 7) is 0. The quantitative estimate of drug-likeness (QED) is 0.240. The second-order valence-electron chi connectivity index (χ2n) is 27.5. The van der Waals surface area contributed by atoms with Crippen LogP contribution >= 0.6 is 0 Å². The third kappa shape index (κ3) is 8.76. The summed E-state index contributed by atoms with van der Waals surface area (Å²) in [7, 11) is 0. The minimum absolute atomic E-state index is 0.694. The van der Waals surface area contributed by atoms with Crippen molar-refractivity contribution in [2.24, 2.45) is 76.4 Å². The summed E-state index contributed by atoms with van der Waals surface area (Å²) in [5.41, 5.74) is 0.694. The van der Waals surface area contributed by atoms with Crippen LogP contribution in [-0.2, 0) is 0 Å². The monoisotopic (exact) mass is 877 g/mol. The van der Waals surface area contributed by atoms with Crippen molar-refractivity contribution in [3.05, 3.63) is 0 Å². The number of hydrogen-bond acceptors (Lipinski definition) is 2. The van der Waals surface area contributed by atoms with Crippen LogP contribution in [0.5, 0.6) is 0 Å². The van der Waals surface area contributed by atoms with Gasteiger partial charge in [0.15, 0.2) is 0 Å². The highest BCUT2D eigenvalue weighted by Gasteiger charge is 2.63. The van der Waals surface area contributed by atoms with E-state index >= 15 is 0 Å². The van der Waals surface area contributed by atoms with E-state index in [9.17, 15) is 0 Å². The van der Waals surface area contributed by atoms with Crippen LogP contribution in [0.2, 0.25) is 0 Å². The molecule has 64 heavy (non-hydrogen) atoms. The van der Waals surface area contributed by atoms with Crippen LogP contribution in [0.25, 0.3) is 0 Å². The summed E-state index contributed by atoms with van der Waals surface area (Å²) >= 11 is 0. The van der Waals surface area contributed by atoms with Gasteiger partial charge in [0.2, 0.25) is 0 Å². The van der Waals surface area contributed by atoms with Crippen LogP contribution in [0.3, 0.4) is 0 Å². The molecule has 0 amide bonds. The highest BCUT2D eigenvalue weighted by atomic mass is 15.2. The molecule has 0 saturated heterocycles. The number of fused-ring (bicyclic) bond motifs is 7. The first-order valence-electron chi connectivity index (χ1n) is 31.3. The first-order chi connectivity index (χ1) is 31.7. The van der Waals surface area contributed by atoms with Gasteiger partial charge in [0.1, 0.15) is 0 Å². The molecule has 12 atom stereocenters. The Kier molecular flexibility index (Phi) is 14.3. The Morgan fingerprint density at radius 2 is 0.578 bits per heavy atom. The third-order valence-corrected chi connectivity index (χ3v) is 25.2. The van der Waals surface area contributed by atoms with E-state index in [0.29, 0.717) is 5.41 Å². The normalized spacial score (nSPS) is 47.2. The van der Waals surface area contributed by atoms with Crippen molar-refractivity contribution < 1.29 is 0 Å². The molecule has 12 rings (SSSR count). The fourth-order valence-corrected chi connectivity index (χ4v) is 22.6. The fourth-order valence-electron chi connectivity index (χ4n) is 22.6. The lowest BCUT2D eigenvalue weighted by molar-refractivity contribution is -0.0680. The van der Waals surface area contributed by atoms with Crippen LogP contribution in [0.15, 0.2) is 0 Å². The van der Waals surface area contributed by atoms with Gasteiger partial charge in [-0.1, -0.05) is 148 Å². The first kappa shape index (κ1) is 45.1. The van der Waals surface area contributed by atoms with Gasteiger partial charge in [-0.25, -0.2) is 0 Å². The van der Waals surface area contributed by atoms with E-state index in [1.807, 2.05) is 0 Å². The molecule has 2 nitrogen and oxygen atoms in total. The predicted molar refractivity (Wildman–Crippen MR) is 269 cm³/mol. The molecular formula is C62H104N2. The zero-order valence-electron chi connectivity index (χ0n) is 42.2. The standard InChI is InChI=1S/C62H104N2/c1-4-16-44(17-5-1)46-28-32-50(33-29-46)63(60-26-14-22-48-20-8-10-24-54(48)60)52-36-38-56-57-39-37-53(43-59(57)62(58(56)42-52)40-12-3-13-41-62)64(61-27-15-23-49-21-9-11-25-55(49)61)51-34-30-47(31-35-51)45-18-6-2-7-19-45/h44-61H,1-43H2. The van der Waals surface area contributed by atoms with Crippen molar-refractivity contribution in [2.75, 3.05) is 0 Å². The van der Waals surface area contributed by atoms with E-state index in [1.54, 1.807) is 238 Å². The van der Waals surface area contributed by atoms with Gasteiger partial charge in [-0.3, -0.25) is 9.80 Å². The maximum atomic E-state index is 3.52. The molecule has 12 aliphatic carbocycles. The average Bonchev–Trinajstić information content (AvgIpc) is 3.62. The zero-order valence-corrected chi connectivity index (χ0v) is 42.2. The molecule has 0 aromatic rings. The Hall–Kier alpha value is -0.0800. The van der Waals surface area contributed by atoms with Gasteiger partial charge < -0.3 is 0 Å². The lowest BCUT2D eigenvalue weighted by atomic mass is 9.57. The van der Waals surface area contributed by atoms with Crippen molar-refractivity contribution in [3.63, 3.8) is 0 Å². The van der Waals surface area contributed by atoms with Crippen LogP contribution < -0.4 is 0 Å². The van der Waals surface area contributed by atoms with E-state index in [4.69, 9.17) is 0 Å². The molecule has 1 spiro atoms. The van der Waals surface area contributed by atoms with Gasteiger partial charge in [-0.2, -0.15) is 0 Å². The number of nitrogens with zero attached hydrogens (tertiary/aromatic N) is 2. The highest BCUT2D eigenvalue weighted by molar-refractivity contribution is 5.13. The van der Waals surface area contributed by atoms with E-state index in [-0.39, 0.29) is 0 Å². The summed E-state index contributed by atoms with van der Waals surface area (Å²) in [4.78, 5) is 7.04. The van der Waals surface area contributed by atoms with Crippen LogP contribution in [-0.4, -0.2) is 46.1 Å². The topological polar surface area (TPSA) is 6.48 Å². The Bertz CT molecular complexity index is 1350. The molecule has 12 saturated carbocycles. The minimum atomic E-state index is 0.694. The zero-order chi connectivity index (χ0) is 42.5.